The summed E-state index contributed by atoms with van der Waals surface area (Å²) in [5, 5.41) is 6.44. The SMILES string of the molecule is O=C(NCCC1CCNCCC1(F)F)c1c[nH]c2ncc(Br)cc12. The summed E-state index contributed by atoms with van der Waals surface area (Å²) in [5.74, 6) is -3.66. The van der Waals surface area contributed by atoms with Crippen LogP contribution in [0.5, 0.6) is 0 Å². The van der Waals surface area contributed by atoms with Crippen LogP contribution in [0.15, 0.2) is 22.9 Å². The average Bonchev–Trinajstić information content (AvgIpc) is 2.87. The summed E-state index contributed by atoms with van der Waals surface area (Å²) >= 11 is 3.33. The summed E-state index contributed by atoms with van der Waals surface area (Å²) in [5.41, 5.74) is 1.08. The minimum absolute atomic E-state index is 0.145. The highest BCUT2D eigenvalue weighted by Gasteiger charge is 2.39. The van der Waals surface area contributed by atoms with Gasteiger partial charge in [-0.1, -0.05) is 0 Å². The number of carbonyl (C=O) groups is 1. The molecule has 5 nitrogen and oxygen atoms in total. The minimum atomic E-state index is -2.68. The van der Waals surface area contributed by atoms with E-state index in [4.69, 9.17) is 0 Å². The number of pyridine rings is 1. The van der Waals surface area contributed by atoms with E-state index >= 15 is 0 Å². The van der Waals surface area contributed by atoms with Crippen molar-refractivity contribution in [1.29, 1.82) is 0 Å². The Morgan fingerprint density at radius 1 is 1.46 bits per heavy atom. The molecule has 0 aromatic carbocycles. The molecule has 1 aliphatic rings. The van der Waals surface area contributed by atoms with Gasteiger partial charge in [-0.3, -0.25) is 4.79 Å². The summed E-state index contributed by atoms with van der Waals surface area (Å²) in [6.45, 7) is 1.16. The molecule has 0 saturated carbocycles. The highest BCUT2D eigenvalue weighted by molar-refractivity contribution is 9.10. The van der Waals surface area contributed by atoms with Crippen molar-refractivity contribution >= 4 is 32.9 Å². The van der Waals surface area contributed by atoms with E-state index in [-0.39, 0.29) is 25.3 Å². The number of halogens is 3. The number of fused-ring (bicyclic) bond motifs is 1. The first kappa shape index (κ1) is 17.3. The van der Waals surface area contributed by atoms with Crippen LogP contribution < -0.4 is 10.6 Å². The number of rotatable bonds is 4. The molecule has 130 valence electrons. The lowest BCUT2D eigenvalue weighted by atomic mass is 9.93. The minimum Gasteiger partial charge on any atom is -0.352 e. The van der Waals surface area contributed by atoms with Crippen molar-refractivity contribution in [2.45, 2.75) is 25.2 Å². The Kier molecular flexibility index (Phi) is 5.15. The second kappa shape index (κ2) is 7.14. The van der Waals surface area contributed by atoms with Crippen LogP contribution in [-0.2, 0) is 0 Å². The van der Waals surface area contributed by atoms with Crippen LogP contribution in [0.1, 0.15) is 29.6 Å². The quantitative estimate of drug-likeness (QED) is 0.738. The van der Waals surface area contributed by atoms with E-state index in [0.29, 0.717) is 36.1 Å². The van der Waals surface area contributed by atoms with Crippen LogP contribution in [0.3, 0.4) is 0 Å². The molecule has 0 radical (unpaired) electrons. The van der Waals surface area contributed by atoms with Gasteiger partial charge < -0.3 is 15.6 Å². The molecule has 1 fully saturated rings. The maximum atomic E-state index is 14.0. The van der Waals surface area contributed by atoms with Crippen LogP contribution in [0, 0.1) is 5.92 Å². The number of carbonyl (C=O) groups excluding carboxylic acids is 1. The number of aromatic amines is 1. The van der Waals surface area contributed by atoms with Crippen molar-refractivity contribution in [3.05, 3.63) is 28.5 Å². The zero-order valence-corrected chi connectivity index (χ0v) is 14.6. The standard InChI is InChI=1S/C16H19BrF2N4O/c17-11-7-12-13(9-23-14(12)22-8-11)15(24)21-5-2-10-1-4-20-6-3-16(10,18)19/h7-10,20H,1-6H2,(H,21,24)(H,22,23). The van der Waals surface area contributed by atoms with Gasteiger partial charge >= 0.3 is 0 Å². The molecular weight excluding hydrogens is 382 g/mol. The predicted octanol–water partition coefficient (Wildman–Crippen LogP) is 3.08. The van der Waals surface area contributed by atoms with E-state index in [1.165, 1.54) is 0 Å². The molecule has 3 heterocycles. The molecule has 1 saturated heterocycles. The molecule has 3 N–H and O–H groups in total. The number of nitrogens with zero attached hydrogens (tertiary/aromatic N) is 1. The largest absolute Gasteiger partial charge is 0.352 e. The van der Waals surface area contributed by atoms with Gasteiger partial charge in [-0.25, -0.2) is 13.8 Å². The van der Waals surface area contributed by atoms with Gasteiger partial charge in [-0.15, -0.1) is 0 Å². The highest BCUT2D eigenvalue weighted by atomic mass is 79.9. The summed E-state index contributed by atoms with van der Waals surface area (Å²) in [4.78, 5) is 19.4. The number of amides is 1. The first-order valence-electron chi connectivity index (χ1n) is 7.97. The zero-order chi connectivity index (χ0) is 17.2. The molecule has 2 aromatic rings. The van der Waals surface area contributed by atoms with Crippen LogP contribution in [-0.4, -0.2) is 41.4 Å². The molecule has 1 amide bonds. The monoisotopic (exact) mass is 400 g/mol. The maximum Gasteiger partial charge on any atom is 0.253 e. The number of H-pyrrole nitrogens is 1. The third kappa shape index (κ3) is 3.75. The van der Waals surface area contributed by atoms with Crippen molar-refractivity contribution in [1.82, 2.24) is 20.6 Å². The molecule has 2 aromatic heterocycles. The fraction of sp³-hybridized carbons (Fsp3) is 0.500. The number of alkyl halides is 2. The zero-order valence-electron chi connectivity index (χ0n) is 13.0. The van der Waals surface area contributed by atoms with Gasteiger partial charge in [-0.2, -0.15) is 0 Å². The molecule has 1 atom stereocenters. The second-order valence-corrected chi connectivity index (χ2v) is 6.96. The van der Waals surface area contributed by atoms with Crippen LogP contribution in [0.4, 0.5) is 8.78 Å². The number of aromatic nitrogens is 2. The predicted molar refractivity (Wildman–Crippen MR) is 91.3 cm³/mol. The van der Waals surface area contributed by atoms with E-state index in [2.05, 4.69) is 36.5 Å². The van der Waals surface area contributed by atoms with Crippen LogP contribution in [0.2, 0.25) is 0 Å². The topological polar surface area (TPSA) is 69.8 Å². The highest BCUT2D eigenvalue weighted by Crippen LogP contribution is 2.34. The lowest BCUT2D eigenvalue weighted by molar-refractivity contribution is -0.0628. The third-order valence-corrected chi connectivity index (χ3v) is 4.86. The van der Waals surface area contributed by atoms with Gasteiger partial charge in [0, 0.05) is 47.7 Å². The van der Waals surface area contributed by atoms with Gasteiger partial charge in [0.15, 0.2) is 0 Å². The Bertz CT molecular complexity index is 734. The molecule has 24 heavy (non-hydrogen) atoms. The van der Waals surface area contributed by atoms with Crippen molar-refractivity contribution in [3.8, 4) is 0 Å². The first-order chi connectivity index (χ1) is 11.5. The molecular formula is C16H19BrF2N4O. The Balaban J connectivity index is 1.61. The maximum absolute atomic E-state index is 14.0. The van der Waals surface area contributed by atoms with E-state index < -0.39 is 11.8 Å². The lowest BCUT2D eigenvalue weighted by Crippen LogP contribution is -2.33. The molecule has 1 unspecified atom stereocenters. The number of nitrogens with one attached hydrogen (secondary N) is 3. The Hall–Kier alpha value is -1.54. The lowest BCUT2D eigenvalue weighted by Gasteiger charge is -2.24. The first-order valence-corrected chi connectivity index (χ1v) is 8.76. The van der Waals surface area contributed by atoms with Crippen molar-refractivity contribution in [3.63, 3.8) is 0 Å². The number of hydrogen-bond donors (Lipinski definition) is 3. The summed E-state index contributed by atoms with van der Waals surface area (Å²) in [7, 11) is 0. The Morgan fingerprint density at radius 3 is 3.12 bits per heavy atom. The van der Waals surface area contributed by atoms with Gasteiger partial charge in [0.2, 0.25) is 0 Å². The Morgan fingerprint density at radius 2 is 2.29 bits per heavy atom. The normalized spacial score (nSPS) is 20.7. The summed E-state index contributed by atoms with van der Waals surface area (Å²) in [6.07, 6.45) is 3.78. The fourth-order valence-electron chi connectivity index (χ4n) is 3.05. The van der Waals surface area contributed by atoms with Gasteiger partial charge in [0.1, 0.15) is 5.65 Å². The van der Waals surface area contributed by atoms with Crippen LogP contribution in [0.25, 0.3) is 11.0 Å². The third-order valence-electron chi connectivity index (χ3n) is 4.42. The summed E-state index contributed by atoms with van der Waals surface area (Å²) < 4.78 is 28.8. The van der Waals surface area contributed by atoms with E-state index in [0.717, 1.165) is 4.47 Å². The molecule has 0 spiro atoms. The van der Waals surface area contributed by atoms with Gasteiger partial charge in [-0.05, 0) is 41.4 Å². The van der Waals surface area contributed by atoms with E-state index in [1.807, 2.05) is 0 Å². The average molecular weight is 401 g/mol. The van der Waals surface area contributed by atoms with Crippen LogP contribution >= 0.6 is 15.9 Å². The van der Waals surface area contributed by atoms with Crippen molar-refractivity contribution in [2.75, 3.05) is 19.6 Å². The van der Waals surface area contributed by atoms with Gasteiger partial charge in [0.05, 0.1) is 5.56 Å². The number of hydrogen-bond acceptors (Lipinski definition) is 3. The second-order valence-electron chi connectivity index (χ2n) is 6.04. The smallest absolute Gasteiger partial charge is 0.253 e. The molecule has 3 rings (SSSR count). The molecule has 0 aliphatic carbocycles. The fourth-order valence-corrected chi connectivity index (χ4v) is 3.38. The molecule has 8 heteroatoms. The van der Waals surface area contributed by atoms with E-state index in [9.17, 15) is 13.6 Å². The molecule has 0 bridgehead atoms. The van der Waals surface area contributed by atoms with E-state index in [1.54, 1.807) is 18.5 Å². The van der Waals surface area contributed by atoms with Crippen molar-refractivity contribution in [2.24, 2.45) is 5.92 Å². The molecule has 1 aliphatic heterocycles. The van der Waals surface area contributed by atoms with Gasteiger partial charge in [0.25, 0.3) is 11.8 Å². The Labute approximate surface area is 146 Å². The van der Waals surface area contributed by atoms with Crippen molar-refractivity contribution < 1.29 is 13.6 Å². The summed E-state index contributed by atoms with van der Waals surface area (Å²) in [6, 6.07) is 1.80.